The number of carbonyl (C=O) groups is 1. The van der Waals surface area contributed by atoms with Gasteiger partial charge >= 0.3 is 0 Å². The van der Waals surface area contributed by atoms with Crippen molar-refractivity contribution in [2.24, 2.45) is 5.16 Å². The molecule has 0 bridgehead atoms. The summed E-state index contributed by atoms with van der Waals surface area (Å²) < 4.78 is 0.944. The maximum absolute atomic E-state index is 12.2. The fraction of sp³-hybridized carbons (Fsp3) is 0.125. The number of oxime groups is 1. The number of halogens is 1. The van der Waals surface area contributed by atoms with Crippen LogP contribution in [0.1, 0.15) is 28.4 Å². The van der Waals surface area contributed by atoms with E-state index in [0.717, 1.165) is 15.6 Å². The maximum Gasteiger partial charge on any atom is 0.255 e. The first-order valence-corrected chi connectivity index (χ1v) is 7.17. The minimum atomic E-state index is -0.153. The highest BCUT2D eigenvalue weighted by Crippen LogP contribution is 2.18. The highest BCUT2D eigenvalue weighted by molar-refractivity contribution is 9.10. The molecule has 108 valence electrons. The summed E-state index contributed by atoms with van der Waals surface area (Å²) in [6.07, 6.45) is 0. The van der Waals surface area contributed by atoms with Crippen molar-refractivity contribution >= 4 is 33.2 Å². The van der Waals surface area contributed by atoms with Gasteiger partial charge in [-0.05, 0) is 55.3 Å². The summed E-state index contributed by atoms with van der Waals surface area (Å²) in [5, 5.41) is 14.7. The molecule has 0 unspecified atom stereocenters. The van der Waals surface area contributed by atoms with Crippen LogP contribution in [0.2, 0.25) is 0 Å². The van der Waals surface area contributed by atoms with E-state index in [-0.39, 0.29) is 5.91 Å². The number of aryl methyl sites for hydroxylation is 1. The molecule has 0 aromatic heterocycles. The van der Waals surface area contributed by atoms with E-state index in [2.05, 4.69) is 26.4 Å². The normalized spacial score (nSPS) is 11.3. The summed E-state index contributed by atoms with van der Waals surface area (Å²) >= 11 is 3.38. The van der Waals surface area contributed by atoms with Gasteiger partial charge in [-0.15, -0.1) is 0 Å². The van der Waals surface area contributed by atoms with Crippen LogP contribution < -0.4 is 5.32 Å². The Hall–Kier alpha value is -2.14. The van der Waals surface area contributed by atoms with Crippen LogP contribution in [-0.4, -0.2) is 16.8 Å². The zero-order valence-corrected chi connectivity index (χ0v) is 13.3. The fourth-order valence-corrected chi connectivity index (χ4v) is 2.41. The van der Waals surface area contributed by atoms with Gasteiger partial charge in [0.1, 0.15) is 0 Å². The van der Waals surface area contributed by atoms with Crippen molar-refractivity contribution in [3.63, 3.8) is 0 Å². The van der Waals surface area contributed by atoms with Gasteiger partial charge in [-0.3, -0.25) is 4.79 Å². The molecule has 0 aliphatic carbocycles. The molecule has 5 heteroatoms. The minimum Gasteiger partial charge on any atom is -0.411 e. The average Bonchev–Trinajstić information content (AvgIpc) is 2.47. The number of carbonyl (C=O) groups excluding carboxylic acids is 1. The van der Waals surface area contributed by atoms with Crippen LogP contribution in [0.4, 0.5) is 5.69 Å². The van der Waals surface area contributed by atoms with E-state index >= 15 is 0 Å². The molecular weight excluding hydrogens is 332 g/mol. The second kappa shape index (κ2) is 6.54. The Morgan fingerprint density at radius 1 is 1.19 bits per heavy atom. The van der Waals surface area contributed by atoms with Gasteiger partial charge in [0, 0.05) is 15.7 Å². The lowest BCUT2D eigenvalue weighted by Gasteiger charge is -2.08. The quantitative estimate of drug-likeness (QED) is 0.496. The Kier molecular flexibility index (Phi) is 4.75. The van der Waals surface area contributed by atoms with Crippen molar-refractivity contribution in [2.75, 3.05) is 5.32 Å². The van der Waals surface area contributed by atoms with Gasteiger partial charge < -0.3 is 10.5 Å². The second-order valence-corrected chi connectivity index (χ2v) is 5.59. The molecule has 0 aliphatic rings. The number of hydrogen-bond acceptors (Lipinski definition) is 3. The van der Waals surface area contributed by atoms with Crippen LogP contribution in [0.25, 0.3) is 0 Å². The van der Waals surface area contributed by atoms with Crippen LogP contribution in [0.5, 0.6) is 0 Å². The molecule has 0 saturated carbocycles. The van der Waals surface area contributed by atoms with Gasteiger partial charge in [-0.1, -0.05) is 33.2 Å². The van der Waals surface area contributed by atoms with Gasteiger partial charge in [0.2, 0.25) is 0 Å². The Morgan fingerprint density at radius 2 is 1.86 bits per heavy atom. The third kappa shape index (κ3) is 3.70. The van der Waals surface area contributed by atoms with Crippen LogP contribution >= 0.6 is 15.9 Å². The number of benzene rings is 2. The van der Waals surface area contributed by atoms with Gasteiger partial charge in [0.15, 0.2) is 0 Å². The summed E-state index contributed by atoms with van der Waals surface area (Å²) in [4.78, 5) is 12.2. The fourth-order valence-electron chi connectivity index (χ4n) is 1.93. The molecule has 0 saturated heterocycles. The van der Waals surface area contributed by atoms with Crippen molar-refractivity contribution in [1.82, 2.24) is 0 Å². The number of nitrogens with zero attached hydrogens (tertiary/aromatic N) is 1. The summed E-state index contributed by atoms with van der Waals surface area (Å²) in [6.45, 7) is 3.60. The smallest absolute Gasteiger partial charge is 0.255 e. The molecule has 0 spiro atoms. The molecule has 0 fully saturated rings. The monoisotopic (exact) mass is 346 g/mol. The van der Waals surface area contributed by atoms with E-state index in [0.29, 0.717) is 17.0 Å². The molecule has 4 nitrogen and oxygen atoms in total. The highest BCUT2D eigenvalue weighted by Gasteiger charge is 2.09. The summed E-state index contributed by atoms with van der Waals surface area (Å²) in [6, 6.07) is 12.7. The predicted octanol–water partition coefficient (Wildman–Crippen LogP) is 4.21. The number of anilines is 1. The van der Waals surface area contributed by atoms with E-state index in [9.17, 15) is 4.79 Å². The number of hydrogen-bond donors (Lipinski definition) is 2. The molecule has 21 heavy (non-hydrogen) atoms. The largest absolute Gasteiger partial charge is 0.411 e. The Bertz CT molecular complexity index is 694. The Balaban J connectivity index is 2.16. The van der Waals surface area contributed by atoms with Gasteiger partial charge in [0.25, 0.3) is 5.91 Å². The highest BCUT2D eigenvalue weighted by atomic mass is 79.9. The lowest BCUT2D eigenvalue weighted by atomic mass is 10.1. The van der Waals surface area contributed by atoms with Crippen molar-refractivity contribution in [2.45, 2.75) is 13.8 Å². The molecule has 2 aromatic rings. The molecule has 1 amide bonds. The number of amides is 1. The zero-order valence-electron chi connectivity index (χ0n) is 11.7. The van der Waals surface area contributed by atoms with Crippen LogP contribution in [0.15, 0.2) is 52.1 Å². The van der Waals surface area contributed by atoms with E-state index in [1.807, 2.05) is 19.1 Å². The summed E-state index contributed by atoms with van der Waals surface area (Å²) in [5.74, 6) is -0.153. The predicted molar refractivity (Wildman–Crippen MR) is 87.3 cm³/mol. The van der Waals surface area contributed by atoms with Gasteiger partial charge in [0.05, 0.1) is 5.71 Å². The molecule has 0 aliphatic heterocycles. The molecule has 2 N–H and O–H groups in total. The van der Waals surface area contributed by atoms with E-state index in [1.54, 1.807) is 37.3 Å². The van der Waals surface area contributed by atoms with Crippen LogP contribution in [0.3, 0.4) is 0 Å². The topological polar surface area (TPSA) is 61.7 Å². The van der Waals surface area contributed by atoms with Crippen molar-refractivity contribution < 1.29 is 10.0 Å². The summed E-state index contributed by atoms with van der Waals surface area (Å²) in [5.41, 5.74) is 3.56. The van der Waals surface area contributed by atoms with Crippen LogP contribution in [0, 0.1) is 6.92 Å². The van der Waals surface area contributed by atoms with Gasteiger partial charge in [-0.25, -0.2) is 0 Å². The Morgan fingerprint density at radius 3 is 2.43 bits per heavy atom. The first-order chi connectivity index (χ1) is 10.0. The molecule has 2 aromatic carbocycles. The van der Waals surface area contributed by atoms with Crippen molar-refractivity contribution in [3.8, 4) is 0 Å². The van der Waals surface area contributed by atoms with E-state index < -0.39 is 0 Å². The first-order valence-electron chi connectivity index (χ1n) is 6.38. The van der Waals surface area contributed by atoms with E-state index in [1.165, 1.54) is 0 Å². The minimum absolute atomic E-state index is 0.153. The maximum atomic E-state index is 12.2. The molecule has 2 rings (SSSR count). The van der Waals surface area contributed by atoms with Crippen molar-refractivity contribution in [3.05, 3.63) is 63.6 Å². The van der Waals surface area contributed by atoms with Crippen molar-refractivity contribution in [1.29, 1.82) is 0 Å². The summed E-state index contributed by atoms with van der Waals surface area (Å²) in [7, 11) is 0. The Labute approximate surface area is 131 Å². The standard InChI is InChI=1S/C16H15BrN2O2/c1-10-9-13(17)5-8-15(10)16(20)18-14-6-3-12(4-7-14)11(2)19-21/h3-9,21H,1-2H3,(H,18,20)/b19-11+. The second-order valence-electron chi connectivity index (χ2n) is 4.68. The zero-order chi connectivity index (χ0) is 15.4. The lowest BCUT2D eigenvalue weighted by Crippen LogP contribution is -2.13. The SMILES string of the molecule is C/C(=N\O)c1ccc(NC(=O)c2ccc(Br)cc2C)cc1. The lowest BCUT2D eigenvalue weighted by molar-refractivity contribution is 0.102. The molecule has 0 heterocycles. The average molecular weight is 347 g/mol. The molecule has 0 atom stereocenters. The third-order valence-electron chi connectivity index (χ3n) is 3.14. The number of nitrogens with one attached hydrogen (secondary N) is 1. The van der Waals surface area contributed by atoms with E-state index in [4.69, 9.17) is 5.21 Å². The van der Waals surface area contributed by atoms with Crippen LogP contribution in [-0.2, 0) is 0 Å². The molecule has 0 radical (unpaired) electrons. The number of rotatable bonds is 3. The van der Waals surface area contributed by atoms with Gasteiger partial charge in [-0.2, -0.15) is 0 Å². The molecular formula is C16H15BrN2O2. The third-order valence-corrected chi connectivity index (χ3v) is 3.64. The first kappa shape index (κ1) is 15.3.